The number of methoxy groups -OCH3 is 1. The molecule has 0 aliphatic carbocycles. The second-order valence-corrected chi connectivity index (χ2v) is 5.65. The van der Waals surface area contributed by atoms with E-state index >= 15 is 0 Å². The molecule has 0 saturated heterocycles. The minimum absolute atomic E-state index is 0.207. The van der Waals surface area contributed by atoms with Crippen molar-refractivity contribution in [2.24, 2.45) is 0 Å². The number of halogens is 1. The summed E-state index contributed by atoms with van der Waals surface area (Å²) in [5, 5.41) is 2.60. The lowest BCUT2D eigenvalue weighted by Gasteiger charge is -2.16. The van der Waals surface area contributed by atoms with E-state index in [1.807, 2.05) is 26.1 Å². The van der Waals surface area contributed by atoms with Gasteiger partial charge in [0, 0.05) is 5.56 Å². The van der Waals surface area contributed by atoms with Gasteiger partial charge in [-0.15, -0.1) is 0 Å². The van der Waals surface area contributed by atoms with Crippen molar-refractivity contribution in [2.75, 3.05) is 26.0 Å². The Kier molecular flexibility index (Phi) is 5.71. The molecule has 2 rings (SSSR count). The number of rotatable bonds is 6. The van der Waals surface area contributed by atoms with Crippen molar-refractivity contribution in [3.05, 3.63) is 59.4 Å². The lowest BCUT2D eigenvalue weighted by atomic mass is 10.1. The number of nitrogens with one attached hydrogen (secondary N) is 2. The lowest BCUT2D eigenvalue weighted by Crippen LogP contribution is -3.08. The Hall–Kier alpha value is -2.40. The molecule has 0 radical (unpaired) electrons. The van der Waals surface area contributed by atoms with E-state index in [1.54, 1.807) is 25.3 Å². The molecule has 0 saturated carbocycles. The highest BCUT2D eigenvalue weighted by atomic mass is 19.1. The minimum Gasteiger partial charge on any atom is -0.496 e. The first-order valence-corrected chi connectivity index (χ1v) is 7.49. The number of quaternary nitrogens is 1. The summed E-state index contributed by atoms with van der Waals surface area (Å²) in [6.45, 7) is 2.91. The van der Waals surface area contributed by atoms with Crippen molar-refractivity contribution < 1.29 is 18.8 Å². The van der Waals surface area contributed by atoms with Gasteiger partial charge in [0.05, 0.1) is 19.8 Å². The molecular formula is C18H22FN2O2+. The minimum atomic E-state index is -0.432. The van der Waals surface area contributed by atoms with Crippen LogP contribution < -0.4 is 15.0 Å². The normalized spacial score (nSPS) is 11.8. The van der Waals surface area contributed by atoms with E-state index in [0.717, 1.165) is 21.8 Å². The first kappa shape index (κ1) is 17.0. The average molecular weight is 317 g/mol. The molecule has 0 aliphatic heterocycles. The van der Waals surface area contributed by atoms with Crippen LogP contribution in [0.1, 0.15) is 11.1 Å². The number of benzene rings is 2. The standard InChI is InChI=1S/C18H21FN2O2/c1-13-8-9-17(23-3)14(10-13)11-21(2)12-18(22)20-16-7-5-4-6-15(16)19/h4-10H,11-12H2,1-3H3,(H,20,22)/p+1. The Morgan fingerprint density at radius 1 is 1.26 bits per heavy atom. The predicted molar refractivity (Wildman–Crippen MR) is 88.2 cm³/mol. The fourth-order valence-electron chi connectivity index (χ4n) is 2.46. The van der Waals surface area contributed by atoms with Crippen LogP contribution in [-0.2, 0) is 11.3 Å². The van der Waals surface area contributed by atoms with E-state index in [0.29, 0.717) is 6.54 Å². The van der Waals surface area contributed by atoms with Crippen LogP contribution in [0.4, 0.5) is 10.1 Å². The molecule has 1 atom stereocenters. The molecule has 0 aliphatic rings. The summed E-state index contributed by atoms with van der Waals surface area (Å²) in [5.41, 5.74) is 2.39. The molecule has 4 nitrogen and oxygen atoms in total. The molecule has 0 spiro atoms. The summed E-state index contributed by atoms with van der Waals surface area (Å²) in [7, 11) is 3.55. The van der Waals surface area contributed by atoms with Crippen LogP contribution in [0.5, 0.6) is 5.75 Å². The maximum atomic E-state index is 13.5. The molecular weight excluding hydrogens is 295 g/mol. The molecule has 2 aromatic carbocycles. The topological polar surface area (TPSA) is 42.8 Å². The second-order valence-electron chi connectivity index (χ2n) is 5.65. The number of hydrogen-bond acceptors (Lipinski definition) is 2. The van der Waals surface area contributed by atoms with E-state index in [2.05, 4.69) is 11.4 Å². The first-order chi connectivity index (χ1) is 11.0. The molecule has 0 bridgehead atoms. The molecule has 1 unspecified atom stereocenters. The highest BCUT2D eigenvalue weighted by molar-refractivity contribution is 5.91. The van der Waals surface area contributed by atoms with Crippen LogP contribution in [0.25, 0.3) is 0 Å². The molecule has 122 valence electrons. The molecule has 0 aromatic heterocycles. The number of anilines is 1. The second kappa shape index (κ2) is 7.74. The van der Waals surface area contributed by atoms with Gasteiger partial charge in [-0.3, -0.25) is 4.79 Å². The number of para-hydroxylation sites is 1. The Balaban J connectivity index is 1.97. The van der Waals surface area contributed by atoms with Crippen LogP contribution >= 0.6 is 0 Å². The largest absolute Gasteiger partial charge is 0.496 e. The number of hydrogen-bond donors (Lipinski definition) is 2. The number of carbonyl (C=O) groups is 1. The van der Waals surface area contributed by atoms with E-state index in [-0.39, 0.29) is 18.1 Å². The Morgan fingerprint density at radius 3 is 2.70 bits per heavy atom. The summed E-state index contributed by atoms with van der Waals surface area (Å²) >= 11 is 0. The molecule has 2 aromatic rings. The van der Waals surface area contributed by atoms with Crippen LogP contribution in [0.2, 0.25) is 0 Å². The zero-order valence-electron chi connectivity index (χ0n) is 13.7. The van der Waals surface area contributed by atoms with Gasteiger partial charge in [0.25, 0.3) is 5.91 Å². The molecule has 0 fully saturated rings. The number of aryl methyl sites for hydroxylation is 1. The average Bonchev–Trinajstić information content (AvgIpc) is 2.49. The lowest BCUT2D eigenvalue weighted by molar-refractivity contribution is -0.885. The van der Waals surface area contributed by atoms with Gasteiger partial charge in [-0.2, -0.15) is 0 Å². The van der Waals surface area contributed by atoms with Crippen LogP contribution in [0.3, 0.4) is 0 Å². The van der Waals surface area contributed by atoms with Crippen molar-refractivity contribution in [2.45, 2.75) is 13.5 Å². The third-order valence-electron chi connectivity index (χ3n) is 3.54. The number of likely N-dealkylation sites (N-methyl/N-ethyl adjacent to an activating group) is 1. The SMILES string of the molecule is COc1ccc(C)cc1C[NH+](C)CC(=O)Nc1ccccc1F. The van der Waals surface area contributed by atoms with Gasteiger partial charge in [0.2, 0.25) is 0 Å². The zero-order chi connectivity index (χ0) is 16.8. The Labute approximate surface area is 135 Å². The molecule has 1 amide bonds. The fourth-order valence-corrected chi connectivity index (χ4v) is 2.46. The van der Waals surface area contributed by atoms with Gasteiger partial charge in [0.1, 0.15) is 18.1 Å². The van der Waals surface area contributed by atoms with Gasteiger partial charge in [-0.1, -0.05) is 23.8 Å². The van der Waals surface area contributed by atoms with E-state index in [1.165, 1.54) is 6.07 Å². The monoisotopic (exact) mass is 317 g/mol. The van der Waals surface area contributed by atoms with Gasteiger partial charge < -0.3 is 15.0 Å². The summed E-state index contributed by atoms with van der Waals surface area (Å²) in [6, 6.07) is 12.1. The van der Waals surface area contributed by atoms with Crippen molar-refractivity contribution >= 4 is 11.6 Å². The van der Waals surface area contributed by atoms with E-state index in [9.17, 15) is 9.18 Å². The summed E-state index contributed by atoms with van der Waals surface area (Å²) in [6.07, 6.45) is 0. The highest BCUT2D eigenvalue weighted by Gasteiger charge is 2.14. The molecule has 2 N–H and O–H groups in total. The zero-order valence-corrected chi connectivity index (χ0v) is 13.7. The van der Waals surface area contributed by atoms with Gasteiger partial charge in [0.15, 0.2) is 6.54 Å². The number of ether oxygens (including phenoxy) is 1. The van der Waals surface area contributed by atoms with Crippen LogP contribution in [-0.4, -0.2) is 26.6 Å². The maximum absolute atomic E-state index is 13.5. The number of amides is 1. The molecule has 23 heavy (non-hydrogen) atoms. The maximum Gasteiger partial charge on any atom is 0.279 e. The quantitative estimate of drug-likeness (QED) is 0.853. The Bertz CT molecular complexity index is 688. The van der Waals surface area contributed by atoms with Crippen molar-refractivity contribution in [3.63, 3.8) is 0 Å². The van der Waals surface area contributed by atoms with Crippen molar-refractivity contribution in [1.82, 2.24) is 0 Å². The van der Waals surface area contributed by atoms with Crippen molar-refractivity contribution in [3.8, 4) is 5.75 Å². The van der Waals surface area contributed by atoms with Crippen LogP contribution in [0.15, 0.2) is 42.5 Å². The van der Waals surface area contributed by atoms with E-state index in [4.69, 9.17) is 4.74 Å². The van der Waals surface area contributed by atoms with Gasteiger partial charge in [-0.25, -0.2) is 4.39 Å². The summed E-state index contributed by atoms with van der Waals surface area (Å²) < 4.78 is 18.9. The van der Waals surface area contributed by atoms with Gasteiger partial charge >= 0.3 is 0 Å². The van der Waals surface area contributed by atoms with Crippen LogP contribution in [0, 0.1) is 12.7 Å². The third-order valence-corrected chi connectivity index (χ3v) is 3.54. The first-order valence-electron chi connectivity index (χ1n) is 7.49. The van der Waals surface area contributed by atoms with Gasteiger partial charge in [-0.05, 0) is 31.2 Å². The summed E-state index contributed by atoms with van der Waals surface area (Å²) in [5.74, 6) is 0.155. The van der Waals surface area contributed by atoms with Crippen molar-refractivity contribution in [1.29, 1.82) is 0 Å². The third kappa shape index (κ3) is 4.79. The highest BCUT2D eigenvalue weighted by Crippen LogP contribution is 2.18. The fraction of sp³-hybridized carbons (Fsp3) is 0.278. The molecule has 0 heterocycles. The predicted octanol–water partition coefficient (Wildman–Crippen LogP) is 1.80. The smallest absolute Gasteiger partial charge is 0.279 e. The Morgan fingerprint density at radius 2 is 2.00 bits per heavy atom. The summed E-state index contributed by atoms with van der Waals surface area (Å²) in [4.78, 5) is 13.0. The number of carbonyl (C=O) groups excluding carboxylic acids is 1. The molecule has 5 heteroatoms. The van der Waals surface area contributed by atoms with E-state index < -0.39 is 5.82 Å².